The molecule has 0 aromatic carbocycles. The molecule has 78 valence electrons. The van der Waals surface area contributed by atoms with Gasteiger partial charge in [-0.1, -0.05) is 20.8 Å². The van der Waals surface area contributed by atoms with Crippen LogP contribution in [0.1, 0.15) is 33.6 Å². The first-order valence-electron chi connectivity index (χ1n) is 5.53. The SMILES string of the molecule is CC1CCN(C)C(CNC(C)C)C1. The lowest BCUT2D eigenvalue weighted by atomic mass is 9.93. The van der Waals surface area contributed by atoms with E-state index >= 15 is 0 Å². The molecule has 0 bridgehead atoms. The van der Waals surface area contributed by atoms with Crippen molar-refractivity contribution < 1.29 is 0 Å². The van der Waals surface area contributed by atoms with Gasteiger partial charge in [0, 0.05) is 18.6 Å². The minimum absolute atomic E-state index is 0.616. The summed E-state index contributed by atoms with van der Waals surface area (Å²) in [5.41, 5.74) is 0. The van der Waals surface area contributed by atoms with Gasteiger partial charge >= 0.3 is 0 Å². The third kappa shape index (κ3) is 3.65. The molecule has 1 aliphatic rings. The first-order valence-corrected chi connectivity index (χ1v) is 5.53. The Balaban J connectivity index is 2.29. The van der Waals surface area contributed by atoms with Gasteiger partial charge in [0.15, 0.2) is 0 Å². The van der Waals surface area contributed by atoms with Gasteiger partial charge in [0.05, 0.1) is 0 Å². The van der Waals surface area contributed by atoms with Crippen molar-refractivity contribution in [1.82, 2.24) is 10.2 Å². The molecule has 1 heterocycles. The van der Waals surface area contributed by atoms with Crippen molar-refractivity contribution in [3.63, 3.8) is 0 Å². The number of likely N-dealkylation sites (tertiary alicyclic amines) is 1. The molecule has 1 N–H and O–H groups in total. The highest BCUT2D eigenvalue weighted by atomic mass is 15.2. The quantitative estimate of drug-likeness (QED) is 0.718. The maximum atomic E-state index is 3.52. The summed E-state index contributed by atoms with van der Waals surface area (Å²) < 4.78 is 0. The number of nitrogens with zero attached hydrogens (tertiary/aromatic N) is 1. The van der Waals surface area contributed by atoms with Crippen molar-refractivity contribution >= 4 is 0 Å². The van der Waals surface area contributed by atoms with E-state index in [9.17, 15) is 0 Å². The van der Waals surface area contributed by atoms with E-state index in [1.165, 1.54) is 19.4 Å². The zero-order chi connectivity index (χ0) is 9.84. The van der Waals surface area contributed by atoms with E-state index in [1.807, 2.05) is 0 Å². The lowest BCUT2D eigenvalue weighted by Crippen LogP contribution is -2.46. The Bertz CT molecular complexity index is 145. The number of likely N-dealkylation sites (N-methyl/N-ethyl adjacent to an activating group) is 1. The number of nitrogens with one attached hydrogen (secondary N) is 1. The maximum absolute atomic E-state index is 3.52. The minimum Gasteiger partial charge on any atom is -0.313 e. The molecule has 13 heavy (non-hydrogen) atoms. The van der Waals surface area contributed by atoms with E-state index in [4.69, 9.17) is 0 Å². The molecule has 0 spiro atoms. The van der Waals surface area contributed by atoms with Crippen LogP contribution in [0.4, 0.5) is 0 Å². The lowest BCUT2D eigenvalue weighted by Gasteiger charge is -2.36. The minimum atomic E-state index is 0.616. The van der Waals surface area contributed by atoms with Gasteiger partial charge in [0.25, 0.3) is 0 Å². The summed E-state index contributed by atoms with van der Waals surface area (Å²) in [6.45, 7) is 9.22. The third-order valence-corrected chi connectivity index (χ3v) is 3.03. The number of piperidine rings is 1. The Morgan fingerprint density at radius 3 is 2.77 bits per heavy atom. The van der Waals surface area contributed by atoms with Crippen molar-refractivity contribution in [3.05, 3.63) is 0 Å². The second kappa shape index (κ2) is 4.97. The second-order valence-corrected chi connectivity index (χ2v) is 4.83. The fourth-order valence-electron chi connectivity index (χ4n) is 1.98. The highest BCUT2D eigenvalue weighted by molar-refractivity contribution is 4.79. The maximum Gasteiger partial charge on any atom is 0.0220 e. The van der Waals surface area contributed by atoms with E-state index in [-0.39, 0.29) is 0 Å². The average Bonchev–Trinajstić information content (AvgIpc) is 2.06. The van der Waals surface area contributed by atoms with Crippen LogP contribution in [0.25, 0.3) is 0 Å². The van der Waals surface area contributed by atoms with Gasteiger partial charge in [-0.15, -0.1) is 0 Å². The van der Waals surface area contributed by atoms with Crippen molar-refractivity contribution in [2.45, 2.75) is 45.7 Å². The predicted octanol–water partition coefficient (Wildman–Crippen LogP) is 1.71. The second-order valence-electron chi connectivity index (χ2n) is 4.83. The molecule has 0 aliphatic carbocycles. The smallest absolute Gasteiger partial charge is 0.0220 e. The summed E-state index contributed by atoms with van der Waals surface area (Å²) in [6.07, 6.45) is 2.73. The topological polar surface area (TPSA) is 15.3 Å². The molecule has 2 heteroatoms. The van der Waals surface area contributed by atoms with E-state index < -0.39 is 0 Å². The van der Waals surface area contributed by atoms with Gasteiger partial charge in [-0.05, 0) is 32.4 Å². The number of hydrogen-bond acceptors (Lipinski definition) is 2. The molecule has 0 aromatic heterocycles. The Morgan fingerprint density at radius 2 is 2.15 bits per heavy atom. The van der Waals surface area contributed by atoms with Gasteiger partial charge in [-0.3, -0.25) is 0 Å². The van der Waals surface area contributed by atoms with Gasteiger partial charge in [-0.2, -0.15) is 0 Å². The molecular formula is C11H24N2. The van der Waals surface area contributed by atoms with Gasteiger partial charge in [0.2, 0.25) is 0 Å². The molecule has 0 amide bonds. The molecule has 1 saturated heterocycles. The Labute approximate surface area is 82.7 Å². The number of rotatable bonds is 3. The van der Waals surface area contributed by atoms with Crippen LogP contribution < -0.4 is 5.32 Å². The molecule has 0 aromatic rings. The molecule has 2 nitrogen and oxygen atoms in total. The van der Waals surface area contributed by atoms with Crippen LogP contribution in [0.2, 0.25) is 0 Å². The van der Waals surface area contributed by atoms with Crippen LogP contribution in [-0.4, -0.2) is 37.1 Å². The molecule has 1 rings (SSSR count). The van der Waals surface area contributed by atoms with E-state index in [0.29, 0.717) is 6.04 Å². The summed E-state index contributed by atoms with van der Waals surface area (Å²) in [7, 11) is 2.25. The molecule has 0 radical (unpaired) electrons. The monoisotopic (exact) mass is 184 g/mol. The summed E-state index contributed by atoms with van der Waals surface area (Å²) >= 11 is 0. The van der Waals surface area contributed by atoms with Crippen LogP contribution in [-0.2, 0) is 0 Å². The average molecular weight is 184 g/mol. The third-order valence-electron chi connectivity index (χ3n) is 3.03. The molecule has 1 fully saturated rings. The zero-order valence-corrected chi connectivity index (χ0v) is 9.51. The molecule has 2 unspecified atom stereocenters. The summed E-state index contributed by atoms with van der Waals surface area (Å²) in [5, 5.41) is 3.52. The van der Waals surface area contributed by atoms with Crippen molar-refractivity contribution in [1.29, 1.82) is 0 Å². The first kappa shape index (κ1) is 11.0. The first-order chi connectivity index (χ1) is 6.09. The van der Waals surface area contributed by atoms with E-state index in [1.54, 1.807) is 0 Å². The predicted molar refractivity (Wildman–Crippen MR) is 58.0 cm³/mol. The van der Waals surface area contributed by atoms with Crippen LogP contribution in [0.15, 0.2) is 0 Å². The Kier molecular flexibility index (Phi) is 4.20. The lowest BCUT2D eigenvalue weighted by molar-refractivity contribution is 0.145. The Morgan fingerprint density at radius 1 is 1.46 bits per heavy atom. The van der Waals surface area contributed by atoms with Gasteiger partial charge in [-0.25, -0.2) is 0 Å². The summed E-state index contributed by atoms with van der Waals surface area (Å²) in [4.78, 5) is 2.50. The van der Waals surface area contributed by atoms with Gasteiger partial charge in [0.1, 0.15) is 0 Å². The normalized spacial score (nSPS) is 31.2. The van der Waals surface area contributed by atoms with Crippen molar-refractivity contribution in [2.24, 2.45) is 5.92 Å². The Hall–Kier alpha value is -0.0800. The zero-order valence-electron chi connectivity index (χ0n) is 9.51. The van der Waals surface area contributed by atoms with Crippen LogP contribution in [0.3, 0.4) is 0 Å². The van der Waals surface area contributed by atoms with Crippen LogP contribution in [0, 0.1) is 5.92 Å². The van der Waals surface area contributed by atoms with Crippen molar-refractivity contribution in [3.8, 4) is 0 Å². The van der Waals surface area contributed by atoms with Crippen molar-refractivity contribution in [2.75, 3.05) is 20.1 Å². The highest BCUT2D eigenvalue weighted by Gasteiger charge is 2.22. The fourth-order valence-corrected chi connectivity index (χ4v) is 1.98. The molecular weight excluding hydrogens is 160 g/mol. The van der Waals surface area contributed by atoms with E-state index in [0.717, 1.165) is 18.5 Å². The summed E-state index contributed by atoms with van der Waals surface area (Å²) in [6, 6.07) is 1.37. The number of hydrogen-bond donors (Lipinski definition) is 1. The van der Waals surface area contributed by atoms with Gasteiger partial charge < -0.3 is 10.2 Å². The summed E-state index contributed by atoms with van der Waals surface area (Å²) in [5.74, 6) is 0.912. The fraction of sp³-hybridized carbons (Fsp3) is 1.00. The van der Waals surface area contributed by atoms with E-state index in [2.05, 4.69) is 38.0 Å². The largest absolute Gasteiger partial charge is 0.313 e. The molecule has 0 saturated carbocycles. The standard InChI is InChI=1S/C11H24N2/c1-9(2)12-8-11-7-10(3)5-6-13(11)4/h9-12H,5-8H2,1-4H3. The van der Waals surface area contributed by atoms with Crippen LogP contribution >= 0.6 is 0 Å². The molecule has 1 aliphatic heterocycles. The molecule has 2 atom stereocenters. The highest BCUT2D eigenvalue weighted by Crippen LogP contribution is 2.20. The van der Waals surface area contributed by atoms with Crippen LogP contribution in [0.5, 0.6) is 0 Å².